The summed E-state index contributed by atoms with van der Waals surface area (Å²) in [6.45, 7) is 6.57. The summed E-state index contributed by atoms with van der Waals surface area (Å²) >= 11 is 0. The van der Waals surface area contributed by atoms with E-state index < -0.39 is 0 Å². The van der Waals surface area contributed by atoms with Gasteiger partial charge >= 0.3 is 0 Å². The second-order valence-electron chi connectivity index (χ2n) is 3.63. The van der Waals surface area contributed by atoms with E-state index in [-0.39, 0.29) is 0 Å². The molecule has 0 aromatic heterocycles. The van der Waals surface area contributed by atoms with E-state index in [9.17, 15) is 0 Å². The van der Waals surface area contributed by atoms with Crippen LogP contribution in [0.15, 0.2) is 30.4 Å². The summed E-state index contributed by atoms with van der Waals surface area (Å²) in [5, 5.41) is 12.2. The molecule has 1 rings (SSSR count). The summed E-state index contributed by atoms with van der Waals surface area (Å²) in [4.78, 5) is 0. The molecule has 0 saturated carbocycles. The number of nitriles is 1. The second-order valence-corrected chi connectivity index (χ2v) is 3.63. The Morgan fingerprint density at radius 3 is 2.88 bits per heavy atom. The van der Waals surface area contributed by atoms with Crippen molar-refractivity contribution in [2.75, 3.05) is 19.0 Å². The number of hydrogen-bond acceptors (Lipinski definition) is 3. The first-order valence-corrected chi connectivity index (χ1v) is 5.14. The standard InChI is InChI=1S/C13H16N2O/c1-10(2)7-8-15-13-11(9-14)5-4-6-12(13)16-3/h4-6,15H,1,7-8H2,2-3H3. The van der Waals surface area contributed by atoms with Gasteiger partial charge in [0.05, 0.1) is 18.4 Å². The number of rotatable bonds is 5. The molecule has 0 spiro atoms. The predicted molar refractivity (Wildman–Crippen MR) is 65.6 cm³/mol. The summed E-state index contributed by atoms with van der Waals surface area (Å²) in [7, 11) is 1.60. The summed E-state index contributed by atoms with van der Waals surface area (Å²) in [5.41, 5.74) is 2.47. The van der Waals surface area contributed by atoms with Crippen LogP contribution in [0.5, 0.6) is 5.75 Å². The number of para-hydroxylation sites is 1. The fourth-order valence-corrected chi connectivity index (χ4v) is 1.38. The average Bonchev–Trinajstić information content (AvgIpc) is 2.28. The zero-order valence-electron chi connectivity index (χ0n) is 9.71. The van der Waals surface area contributed by atoms with Gasteiger partial charge in [0.25, 0.3) is 0 Å². The zero-order valence-corrected chi connectivity index (χ0v) is 9.71. The van der Waals surface area contributed by atoms with Gasteiger partial charge in [0.1, 0.15) is 11.8 Å². The fraction of sp³-hybridized carbons (Fsp3) is 0.308. The first-order valence-electron chi connectivity index (χ1n) is 5.14. The van der Waals surface area contributed by atoms with E-state index in [1.54, 1.807) is 19.2 Å². The Morgan fingerprint density at radius 1 is 1.56 bits per heavy atom. The molecule has 16 heavy (non-hydrogen) atoms. The summed E-state index contributed by atoms with van der Waals surface area (Å²) in [6.07, 6.45) is 0.878. The van der Waals surface area contributed by atoms with Crippen LogP contribution >= 0.6 is 0 Å². The van der Waals surface area contributed by atoms with Crippen molar-refractivity contribution >= 4 is 5.69 Å². The third-order valence-corrected chi connectivity index (χ3v) is 2.22. The number of nitrogens with zero attached hydrogens (tertiary/aromatic N) is 1. The molecule has 1 N–H and O–H groups in total. The smallest absolute Gasteiger partial charge is 0.143 e. The van der Waals surface area contributed by atoms with Gasteiger partial charge in [-0.1, -0.05) is 11.6 Å². The molecule has 1 aromatic carbocycles. The van der Waals surface area contributed by atoms with E-state index in [0.29, 0.717) is 11.3 Å². The van der Waals surface area contributed by atoms with Crippen LogP contribution in [-0.2, 0) is 0 Å². The highest BCUT2D eigenvalue weighted by Gasteiger charge is 2.07. The quantitative estimate of drug-likeness (QED) is 0.770. The molecule has 3 heteroatoms. The Kier molecular flexibility index (Phi) is 4.41. The van der Waals surface area contributed by atoms with Crippen LogP contribution in [0.25, 0.3) is 0 Å². The normalized spacial score (nSPS) is 9.31. The van der Waals surface area contributed by atoms with Crippen molar-refractivity contribution in [1.82, 2.24) is 0 Å². The van der Waals surface area contributed by atoms with Crippen molar-refractivity contribution < 1.29 is 4.74 Å². The number of methoxy groups -OCH3 is 1. The van der Waals surface area contributed by atoms with Gasteiger partial charge in [-0.25, -0.2) is 0 Å². The van der Waals surface area contributed by atoms with E-state index in [4.69, 9.17) is 10.00 Å². The van der Waals surface area contributed by atoms with Gasteiger partial charge < -0.3 is 10.1 Å². The summed E-state index contributed by atoms with van der Waals surface area (Å²) < 4.78 is 5.21. The number of hydrogen-bond donors (Lipinski definition) is 1. The lowest BCUT2D eigenvalue weighted by Crippen LogP contribution is -2.05. The second kappa shape index (κ2) is 5.82. The first kappa shape index (κ1) is 12.1. The Hall–Kier alpha value is -1.95. The van der Waals surface area contributed by atoms with Crippen molar-refractivity contribution in [3.63, 3.8) is 0 Å². The molecule has 0 atom stereocenters. The maximum Gasteiger partial charge on any atom is 0.143 e. The van der Waals surface area contributed by atoms with E-state index >= 15 is 0 Å². The van der Waals surface area contributed by atoms with Crippen molar-refractivity contribution in [2.24, 2.45) is 0 Å². The minimum absolute atomic E-state index is 0.598. The van der Waals surface area contributed by atoms with E-state index in [1.807, 2.05) is 13.0 Å². The number of ether oxygens (including phenoxy) is 1. The van der Waals surface area contributed by atoms with Crippen LogP contribution in [0.4, 0.5) is 5.69 Å². The summed E-state index contributed by atoms with van der Waals surface area (Å²) in [6, 6.07) is 7.56. The molecule has 0 heterocycles. The molecule has 0 aliphatic heterocycles. The highest BCUT2D eigenvalue weighted by molar-refractivity contribution is 5.66. The maximum atomic E-state index is 8.98. The van der Waals surface area contributed by atoms with Gasteiger partial charge in [-0.3, -0.25) is 0 Å². The van der Waals surface area contributed by atoms with Gasteiger partial charge in [0.15, 0.2) is 0 Å². The van der Waals surface area contributed by atoms with E-state index in [0.717, 1.165) is 24.2 Å². The molecule has 0 amide bonds. The topological polar surface area (TPSA) is 45.0 Å². The van der Waals surface area contributed by atoms with E-state index in [1.165, 1.54) is 0 Å². The lowest BCUT2D eigenvalue weighted by molar-refractivity contribution is 0.416. The van der Waals surface area contributed by atoms with Crippen LogP contribution in [0.2, 0.25) is 0 Å². The van der Waals surface area contributed by atoms with Crippen LogP contribution < -0.4 is 10.1 Å². The van der Waals surface area contributed by atoms with Crippen LogP contribution in [0.3, 0.4) is 0 Å². The zero-order chi connectivity index (χ0) is 12.0. The third-order valence-electron chi connectivity index (χ3n) is 2.22. The Morgan fingerprint density at radius 2 is 2.31 bits per heavy atom. The summed E-state index contributed by atoms with van der Waals surface area (Å²) in [5.74, 6) is 0.695. The van der Waals surface area contributed by atoms with Gasteiger partial charge in [0.2, 0.25) is 0 Å². The molecule has 0 unspecified atom stereocenters. The SMILES string of the molecule is C=C(C)CCNc1c(C#N)cccc1OC. The molecule has 0 aliphatic carbocycles. The minimum atomic E-state index is 0.598. The highest BCUT2D eigenvalue weighted by atomic mass is 16.5. The number of benzene rings is 1. The highest BCUT2D eigenvalue weighted by Crippen LogP contribution is 2.27. The van der Waals surface area contributed by atoms with Crippen LogP contribution in [-0.4, -0.2) is 13.7 Å². The van der Waals surface area contributed by atoms with Crippen molar-refractivity contribution in [3.05, 3.63) is 35.9 Å². The Bertz CT molecular complexity index is 418. The molecule has 0 saturated heterocycles. The molecule has 0 aliphatic rings. The van der Waals surface area contributed by atoms with Gasteiger partial charge in [0, 0.05) is 6.54 Å². The minimum Gasteiger partial charge on any atom is -0.495 e. The number of nitrogens with one attached hydrogen (secondary N) is 1. The predicted octanol–water partition coefficient (Wildman–Crippen LogP) is 2.94. The lowest BCUT2D eigenvalue weighted by Gasteiger charge is -2.12. The molecular weight excluding hydrogens is 200 g/mol. The molecule has 3 nitrogen and oxygen atoms in total. The number of anilines is 1. The molecule has 0 fully saturated rings. The van der Waals surface area contributed by atoms with E-state index in [2.05, 4.69) is 18.0 Å². The van der Waals surface area contributed by atoms with Crippen LogP contribution in [0.1, 0.15) is 18.9 Å². The lowest BCUT2D eigenvalue weighted by atomic mass is 10.1. The monoisotopic (exact) mass is 216 g/mol. The van der Waals surface area contributed by atoms with Gasteiger partial charge in [-0.2, -0.15) is 5.26 Å². The van der Waals surface area contributed by atoms with Gasteiger partial charge in [-0.05, 0) is 25.5 Å². The molecule has 0 radical (unpaired) electrons. The fourth-order valence-electron chi connectivity index (χ4n) is 1.38. The molecule has 1 aromatic rings. The average molecular weight is 216 g/mol. The first-order chi connectivity index (χ1) is 7.69. The molecule has 84 valence electrons. The van der Waals surface area contributed by atoms with Crippen molar-refractivity contribution in [2.45, 2.75) is 13.3 Å². The van der Waals surface area contributed by atoms with Crippen molar-refractivity contribution in [3.8, 4) is 11.8 Å². The van der Waals surface area contributed by atoms with Crippen molar-refractivity contribution in [1.29, 1.82) is 5.26 Å². The Labute approximate surface area is 96.4 Å². The third kappa shape index (κ3) is 3.03. The molecular formula is C13H16N2O. The van der Waals surface area contributed by atoms with Gasteiger partial charge in [-0.15, -0.1) is 6.58 Å². The Balaban J connectivity index is 2.84. The molecule has 0 bridgehead atoms. The maximum absolute atomic E-state index is 8.98. The largest absolute Gasteiger partial charge is 0.495 e. The van der Waals surface area contributed by atoms with Crippen LogP contribution in [0, 0.1) is 11.3 Å².